The van der Waals surface area contributed by atoms with Crippen molar-refractivity contribution in [2.45, 2.75) is 31.6 Å². The Morgan fingerprint density at radius 3 is 2.63 bits per heavy atom. The highest BCUT2D eigenvalue weighted by molar-refractivity contribution is 5.87. The number of fused-ring (bicyclic) bond motifs is 1. The minimum absolute atomic E-state index is 0.485. The molecule has 2 fully saturated rings. The highest BCUT2D eigenvalue weighted by atomic mass is 15.1. The van der Waals surface area contributed by atoms with Crippen molar-refractivity contribution < 1.29 is 0 Å². The lowest BCUT2D eigenvalue weighted by Crippen LogP contribution is -2.36. The Bertz CT molecular complexity index is 952. The van der Waals surface area contributed by atoms with Crippen LogP contribution in [0, 0.1) is 5.92 Å². The van der Waals surface area contributed by atoms with Crippen LogP contribution in [0.3, 0.4) is 0 Å². The Morgan fingerprint density at radius 1 is 0.963 bits per heavy atom. The molecule has 1 atom stereocenters. The fourth-order valence-corrected chi connectivity index (χ4v) is 4.12. The summed E-state index contributed by atoms with van der Waals surface area (Å²) in [5.74, 6) is 2.56. The summed E-state index contributed by atoms with van der Waals surface area (Å²) < 4.78 is 0. The van der Waals surface area contributed by atoms with Crippen LogP contribution >= 0.6 is 0 Å². The predicted octanol–water partition coefficient (Wildman–Crippen LogP) is 3.86. The molecule has 1 saturated carbocycles. The first-order chi connectivity index (χ1) is 13.3. The highest BCUT2D eigenvalue weighted by Gasteiger charge is 2.28. The van der Waals surface area contributed by atoms with Gasteiger partial charge in [-0.25, -0.2) is 15.0 Å². The molecule has 5 nitrogen and oxygen atoms in total. The summed E-state index contributed by atoms with van der Waals surface area (Å²) >= 11 is 0. The average molecular weight is 359 g/mol. The molecule has 2 N–H and O–H groups in total. The van der Waals surface area contributed by atoms with Gasteiger partial charge in [0, 0.05) is 30.3 Å². The molecule has 0 radical (unpaired) electrons. The second-order valence-electron chi connectivity index (χ2n) is 7.95. The largest absolute Gasteiger partial charge is 0.383 e. The van der Waals surface area contributed by atoms with Gasteiger partial charge in [0.2, 0.25) is 0 Å². The van der Waals surface area contributed by atoms with Gasteiger partial charge in [0.25, 0.3) is 0 Å². The van der Waals surface area contributed by atoms with Crippen molar-refractivity contribution in [1.82, 2.24) is 19.9 Å². The molecule has 5 rings (SSSR count). The third kappa shape index (κ3) is 3.52. The fraction of sp³-hybridized carbons (Fsp3) is 0.409. The van der Waals surface area contributed by atoms with Crippen LogP contribution in [0.4, 0.5) is 5.82 Å². The van der Waals surface area contributed by atoms with Crippen molar-refractivity contribution >= 4 is 16.9 Å². The Balaban J connectivity index is 1.46. The normalized spacial score (nSPS) is 20.8. The molecule has 0 unspecified atom stereocenters. The quantitative estimate of drug-likeness (QED) is 0.766. The molecule has 1 saturated heterocycles. The molecule has 1 aliphatic heterocycles. The molecule has 2 aromatic heterocycles. The number of likely N-dealkylation sites (tertiary alicyclic amines) is 1. The zero-order valence-corrected chi connectivity index (χ0v) is 15.5. The number of aromatic nitrogens is 3. The van der Waals surface area contributed by atoms with E-state index in [-0.39, 0.29) is 0 Å². The first-order valence-corrected chi connectivity index (χ1v) is 9.98. The zero-order valence-electron chi connectivity index (χ0n) is 15.5. The average Bonchev–Trinajstić information content (AvgIpc) is 3.52. The van der Waals surface area contributed by atoms with Crippen LogP contribution in [0.2, 0.25) is 0 Å². The van der Waals surface area contributed by atoms with Gasteiger partial charge in [-0.1, -0.05) is 30.3 Å². The number of benzene rings is 1. The summed E-state index contributed by atoms with van der Waals surface area (Å²) in [4.78, 5) is 16.8. The monoisotopic (exact) mass is 359 g/mol. The number of hydrogen-bond donors (Lipinski definition) is 1. The van der Waals surface area contributed by atoms with Gasteiger partial charge >= 0.3 is 0 Å². The molecular formula is C22H25N5. The number of pyridine rings is 1. The van der Waals surface area contributed by atoms with E-state index in [9.17, 15) is 0 Å². The molecule has 3 aromatic rings. The van der Waals surface area contributed by atoms with Crippen LogP contribution in [0.1, 0.15) is 37.3 Å². The maximum Gasteiger partial charge on any atom is 0.165 e. The van der Waals surface area contributed by atoms with E-state index < -0.39 is 0 Å². The molecule has 0 bridgehead atoms. The van der Waals surface area contributed by atoms with Gasteiger partial charge in [-0.3, -0.25) is 0 Å². The summed E-state index contributed by atoms with van der Waals surface area (Å²) in [5, 5.41) is 0.837. The Morgan fingerprint density at radius 2 is 1.81 bits per heavy atom. The maximum atomic E-state index is 6.21. The molecule has 3 heterocycles. The van der Waals surface area contributed by atoms with Crippen molar-refractivity contribution in [1.29, 1.82) is 0 Å². The second-order valence-corrected chi connectivity index (χ2v) is 7.95. The molecule has 5 heteroatoms. The molecule has 1 aliphatic carbocycles. The summed E-state index contributed by atoms with van der Waals surface area (Å²) in [6, 6.07) is 14.1. The number of piperidine rings is 1. The fourth-order valence-electron chi connectivity index (χ4n) is 4.12. The Kier molecular flexibility index (Phi) is 4.24. The maximum absolute atomic E-state index is 6.21. The van der Waals surface area contributed by atoms with Gasteiger partial charge < -0.3 is 10.6 Å². The third-order valence-corrected chi connectivity index (χ3v) is 5.78. The SMILES string of the molecule is Nc1nc(-c2ccccc2)nc2nc([C@@H]3CCCN(CC4CC4)C3)ccc12. The lowest BCUT2D eigenvalue weighted by molar-refractivity contribution is 0.199. The summed E-state index contributed by atoms with van der Waals surface area (Å²) in [7, 11) is 0. The number of nitrogens with zero attached hydrogens (tertiary/aromatic N) is 4. The van der Waals surface area contributed by atoms with Crippen LogP contribution in [-0.2, 0) is 0 Å². The predicted molar refractivity (Wildman–Crippen MR) is 108 cm³/mol. The molecule has 2 aliphatic rings. The van der Waals surface area contributed by atoms with E-state index in [4.69, 9.17) is 15.7 Å². The molecular weight excluding hydrogens is 334 g/mol. The van der Waals surface area contributed by atoms with Gasteiger partial charge in [-0.15, -0.1) is 0 Å². The number of hydrogen-bond acceptors (Lipinski definition) is 5. The van der Waals surface area contributed by atoms with Crippen LogP contribution in [0.25, 0.3) is 22.4 Å². The van der Waals surface area contributed by atoms with Gasteiger partial charge in [0.05, 0.1) is 5.39 Å². The van der Waals surface area contributed by atoms with Crippen LogP contribution < -0.4 is 5.73 Å². The van der Waals surface area contributed by atoms with E-state index >= 15 is 0 Å². The topological polar surface area (TPSA) is 67.9 Å². The number of nitrogen functional groups attached to an aromatic ring is 1. The number of nitrogens with two attached hydrogens (primary N) is 1. The second kappa shape index (κ2) is 6.89. The van der Waals surface area contributed by atoms with Gasteiger partial charge in [0.1, 0.15) is 5.82 Å². The van der Waals surface area contributed by atoms with Crippen LogP contribution in [0.15, 0.2) is 42.5 Å². The van der Waals surface area contributed by atoms with E-state index in [0.717, 1.165) is 29.1 Å². The smallest absolute Gasteiger partial charge is 0.165 e. The standard InChI is InChI=1S/C22H25N5/c23-20-18-10-11-19(17-7-4-12-27(14-17)13-15-8-9-15)24-22(18)26-21(25-20)16-5-2-1-3-6-16/h1-3,5-6,10-11,15,17H,4,7-9,12-14H2,(H2,23,24,25,26)/t17-/m1/s1. The third-order valence-electron chi connectivity index (χ3n) is 5.78. The van der Waals surface area contributed by atoms with E-state index in [1.807, 2.05) is 36.4 Å². The summed E-state index contributed by atoms with van der Waals surface area (Å²) in [6.45, 7) is 3.60. The minimum atomic E-state index is 0.485. The van der Waals surface area contributed by atoms with Crippen LogP contribution in [-0.4, -0.2) is 39.5 Å². The minimum Gasteiger partial charge on any atom is -0.383 e. The first kappa shape index (κ1) is 16.6. The molecule has 27 heavy (non-hydrogen) atoms. The van der Waals surface area contributed by atoms with Crippen molar-refractivity contribution in [2.75, 3.05) is 25.4 Å². The van der Waals surface area contributed by atoms with Crippen molar-refractivity contribution in [3.05, 3.63) is 48.2 Å². The Labute approximate surface area is 159 Å². The summed E-state index contributed by atoms with van der Waals surface area (Å²) in [6.07, 6.45) is 5.27. The molecule has 138 valence electrons. The Hall–Kier alpha value is -2.53. The van der Waals surface area contributed by atoms with Gasteiger partial charge in [-0.2, -0.15) is 0 Å². The molecule has 1 aromatic carbocycles. The van der Waals surface area contributed by atoms with E-state index in [1.54, 1.807) is 0 Å². The zero-order chi connectivity index (χ0) is 18.2. The van der Waals surface area contributed by atoms with Crippen molar-refractivity contribution in [2.24, 2.45) is 5.92 Å². The van der Waals surface area contributed by atoms with Crippen molar-refractivity contribution in [3.8, 4) is 11.4 Å². The number of anilines is 1. The first-order valence-electron chi connectivity index (χ1n) is 9.98. The highest BCUT2D eigenvalue weighted by Crippen LogP contribution is 2.33. The van der Waals surface area contributed by atoms with Crippen LogP contribution in [0.5, 0.6) is 0 Å². The lowest BCUT2D eigenvalue weighted by Gasteiger charge is -2.32. The van der Waals surface area contributed by atoms with E-state index in [2.05, 4.69) is 16.0 Å². The number of rotatable bonds is 4. The molecule has 0 spiro atoms. The van der Waals surface area contributed by atoms with E-state index in [1.165, 1.54) is 38.8 Å². The van der Waals surface area contributed by atoms with Gasteiger partial charge in [-0.05, 0) is 50.3 Å². The van der Waals surface area contributed by atoms with Crippen molar-refractivity contribution in [3.63, 3.8) is 0 Å². The van der Waals surface area contributed by atoms with E-state index in [0.29, 0.717) is 23.2 Å². The lowest BCUT2D eigenvalue weighted by atomic mass is 9.94. The summed E-state index contributed by atoms with van der Waals surface area (Å²) in [5.41, 5.74) is 9.02. The molecule has 0 amide bonds. The van der Waals surface area contributed by atoms with Gasteiger partial charge in [0.15, 0.2) is 11.5 Å².